The van der Waals surface area contributed by atoms with Gasteiger partial charge in [-0.1, -0.05) is 12.1 Å². The number of benzene rings is 1. The number of aliphatic imine (C=N–C) groups is 2. The lowest BCUT2D eigenvalue weighted by Crippen LogP contribution is -1.98. The molecule has 8 heteroatoms. The minimum atomic E-state index is -4.47. The van der Waals surface area contributed by atoms with E-state index >= 15 is 0 Å². The Balaban J connectivity index is 1.94. The maximum absolute atomic E-state index is 11.7. The van der Waals surface area contributed by atoms with Crippen LogP contribution in [0.5, 0.6) is 0 Å². The van der Waals surface area contributed by atoms with E-state index in [1.54, 1.807) is 48.8 Å². The zero-order chi connectivity index (χ0) is 18.4. The van der Waals surface area contributed by atoms with Gasteiger partial charge in [-0.2, -0.15) is 8.42 Å². The quantitative estimate of drug-likeness (QED) is 0.551. The molecule has 0 spiro atoms. The Morgan fingerprint density at radius 3 is 2.00 bits per heavy atom. The average molecular weight is 366 g/mol. The Hall–Kier alpha value is -3.23. The number of hydrogen-bond donors (Lipinski definition) is 1. The summed E-state index contributed by atoms with van der Waals surface area (Å²) in [5.74, 6) is 0. The first-order chi connectivity index (χ1) is 12.5. The van der Waals surface area contributed by atoms with E-state index in [0.717, 1.165) is 0 Å². The summed E-state index contributed by atoms with van der Waals surface area (Å²) in [5.41, 5.74) is 1.62. The van der Waals surface area contributed by atoms with E-state index in [0.29, 0.717) is 17.1 Å². The van der Waals surface area contributed by atoms with Gasteiger partial charge in [0.05, 0.1) is 35.2 Å². The molecule has 0 unspecified atom stereocenters. The Kier molecular flexibility index (Phi) is 5.26. The first-order valence-electron chi connectivity index (χ1n) is 7.54. The molecule has 130 valence electrons. The molecule has 2 aromatic heterocycles. The fraction of sp³-hybridized carbons (Fsp3) is 0. The summed E-state index contributed by atoms with van der Waals surface area (Å²) in [4.78, 5) is 16.1. The highest BCUT2D eigenvalue weighted by Gasteiger charge is 2.15. The Morgan fingerprint density at radius 2 is 1.46 bits per heavy atom. The average Bonchev–Trinajstić information content (AvgIpc) is 2.66. The van der Waals surface area contributed by atoms with Gasteiger partial charge in [-0.3, -0.25) is 24.5 Å². The number of aromatic nitrogens is 2. The number of nitrogens with zero attached hydrogens (tertiary/aromatic N) is 4. The molecule has 3 rings (SSSR count). The highest BCUT2D eigenvalue weighted by molar-refractivity contribution is 7.86. The Bertz CT molecular complexity index is 1050. The van der Waals surface area contributed by atoms with Gasteiger partial charge in [0.25, 0.3) is 10.1 Å². The zero-order valence-corrected chi connectivity index (χ0v) is 14.3. The molecule has 0 aliphatic carbocycles. The maximum Gasteiger partial charge on any atom is 0.296 e. The van der Waals surface area contributed by atoms with Gasteiger partial charge < -0.3 is 0 Å². The second kappa shape index (κ2) is 7.77. The molecule has 0 fully saturated rings. The summed E-state index contributed by atoms with van der Waals surface area (Å²) in [5, 5.41) is 0. The lowest BCUT2D eigenvalue weighted by Gasteiger charge is -2.04. The van der Waals surface area contributed by atoms with Crippen LogP contribution in [0.25, 0.3) is 0 Å². The first kappa shape index (κ1) is 17.6. The van der Waals surface area contributed by atoms with Gasteiger partial charge in [0.1, 0.15) is 4.90 Å². The van der Waals surface area contributed by atoms with Crippen molar-refractivity contribution in [3.63, 3.8) is 0 Å². The molecule has 0 amide bonds. The molecule has 0 atom stereocenters. The summed E-state index contributed by atoms with van der Waals surface area (Å²) < 4.78 is 32.9. The molecule has 0 aliphatic heterocycles. The van der Waals surface area contributed by atoms with Crippen LogP contribution >= 0.6 is 0 Å². The smallest absolute Gasteiger partial charge is 0.282 e. The molecular formula is C18H14N4O3S. The van der Waals surface area contributed by atoms with E-state index in [-0.39, 0.29) is 10.6 Å². The van der Waals surface area contributed by atoms with E-state index in [1.807, 2.05) is 6.07 Å². The Labute approximate surface area is 150 Å². The summed E-state index contributed by atoms with van der Waals surface area (Å²) in [7, 11) is -4.47. The van der Waals surface area contributed by atoms with E-state index in [1.165, 1.54) is 24.6 Å². The minimum Gasteiger partial charge on any atom is -0.282 e. The monoisotopic (exact) mass is 366 g/mol. The van der Waals surface area contributed by atoms with Crippen LogP contribution in [0.3, 0.4) is 0 Å². The molecule has 0 saturated heterocycles. The molecule has 0 radical (unpaired) electrons. The zero-order valence-electron chi connectivity index (χ0n) is 13.5. The summed E-state index contributed by atoms with van der Waals surface area (Å²) in [6.45, 7) is 0. The van der Waals surface area contributed by atoms with Crippen LogP contribution < -0.4 is 0 Å². The van der Waals surface area contributed by atoms with E-state index in [4.69, 9.17) is 0 Å². The second-order valence-electron chi connectivity index (χ2n) is 5.15. The van der Waals surface area contributed by atoms with Crippen molar-refractivity contribution in [2.45, 2.75) is 4.90 Å². The fourth-order valence-corrected chi connectivity index (χ4v) is 2.73. The van der Waals surface area contributed by atoms with Crippen LogP contribution in [0, 0.1) is 0 Å². The third-order valence-corrected chi connectivity index (χ3v) is 4.16. The predicted molar refractivity (Wildman–Crippen MR) is 99.2 cm³/mol. The van der Waals surface area contributed by atoms with Crippen molar-refractivity contribution in [3.8, 4) is 0 Å². The van der Waals surface area contributed by atoms with E-state index in [2.05, 4.69) is 20.0 Å². The van der Waals surface area contributed by atoms with Gasteiger partial charge in [-0.05, 0) is 42.5 Å². The van der Waals surface area contributed by atoms with Crippen LogP contribution in [0.4, 0.5) is 11.4 Å². The SMILES string of the molecule is O=S(=O)(O)c1cc(N=Cc2ccccn2)ccc1N=Cc1ccccn1. The standard InChI is InChI=1S/C18H14N4O3S/c23-26(24,25)18-11-14(21-12-15-5-1-3-9-19-15)7-8-17(18)22-13-16-6-2-4-10-20-16/h1-13H,(H,23,24,25). The molecular weight excluding hydrogens is 352 g/mol. The molecule has 0 aliphatic rings. The summed E-state index contributed by atoms with van der Waals surface area (Å²) >= 11 is 0. The van der Waals surface area contributed by atoms with Crippen LogP contribution in [-0.4, -0.2) is 35.4 Å². The molecule has 2 heterocycles. The van der Waals surface area contributed by atoms with E-state index < -0.39 is 10.1 Å². The predicted octanol–water partition coefficient (Wildman–Crippen LogP) is 3.22. The normalized spacial score (nSPS) is 12.0. The molecule has 0 bridgehead atoms. The van der Waals surface area contributed by atoms with Crippen molar-refractivity contribution in [2.24, 2.45) is 9.98 Å². The van der Waals surface area contributed by atoms with Crippen molar-refractivity contribution in [1.82, 2.24) is 9.97 Å². The van der Waals surface area contributed by atoms with Gasteiger partial charge in [-0.15, -0.1) is 0 Å². The van der Waals surface area contributed by atoms with Crippen LogP contribution in [0.15, 0.2) is 81.9 Å². The third kappa shape index (κ3) is 4.65. The van der Waals surface area contributed by atoms with Crippen molar-refractivity contribution in [2.75, 3.05) is 0 Å². The summed E-state index contributed by atoms with van der Waals surface area (Å²) in [6, 6.07) is 14.9. The highest BCUT2D eigenvalue weighted by atomic mass is 32.2. The van der Waals surface area contributed by atoms with Crippen LogP contribution in [-0.2, 0) is 10.1 Å². The minimum absolute atomic E-state index is 0.0925. The molecule has 26 heavy (non-hydrogen) atoms. The van der Waals surface area contributed by atoms with Crippen molar-refractivity contribution >= 4 is 33.9 Å². The second-order valence-corrected chi connectivity index (χ2v) is 6.54. The molecule has 1 aromatic carbocycles. The highest BCUT2D eigenvalue weighted by Crippen LogP contribution is 2.28. The van der Waals surface area contributed by atoms with Crippen molar-refractivity contribution in [1.29, 1.82) is 0 Å². The Morgan fingerprint density at radius 1 is 0.846 bits per heavy atom. The summed E-state index contributed by atoms with van der Waals surface area (Å²) in [6.07, 6.45) is 6.14. The lowest BCUT2D eigenvalue weighted by molar-refractivity contribution is 0.483. The molecule has 3 aromatic rings. The molecule has 0 saturated carbocycles. The van der Waals surface area contributed by atoms with Crippen LogP contribution in [0.1, 0.15) is 11.4 Å². The van der Waals surface area contributed by atoms with Crippen molar-refractivity contribution in [3.05, 3.63) is 78.4 Å². The third-order valence-electron chi connectivity index (χ3n) is 3.28. The number of hydrogen-bond acceptors (Lipinski definition) is 6. The maximum atomic E-state index is 11.7. The van der Waals surface area contributed by atoms with Gasteiger partial charge in [0.2, 0.25) is 0 Å². The van der Waals surface area contributed by atoms with E-state index in [9.17, 15) is 13.0 Å². The largest absolute Gasteiger partial charge is 0.296 e. The number of rotatable bonds is 5. The topological polar surface area (TPSA) is 105 Å². The molecule has 7 nitrogen and oxygen atoms in total. The van der Waals surface area contributed by atoms with Gasteiger partial charge in [0, 0.05) is 12.4 Å². The molecule has 1 N–H and O–H groups in total. The van der Waals surface area contributed by atoms with Gasteiger partial charge >= 0.3 is 0 Å². The lowest BCUT2D eigenvalue weighted by atomic mass is 10.3. The van der Waals surface area contributed by atoms with Gasteiger partial charge in [-0.25, -0.2) is 0 Å². The first-order valence-corrected chi connectivity index (χ1v) is 8.98. The van der Waals surface area contributed by atoms with Gasteiger partial charge in [0.15, 0.2) is 0 Å². The fourth-order valence-electron chi connectivity index (χ4n) is 2.08. The number of pyridine rings is 2. The van der Waals surface area contributed by atoms with Crippen molar-refractivity contribution < 1.29 is 13.0 Å². The van der Waals surface area contributed by atoms with Crippen LogP contribution in [0.2, 0.25) is 0 Å².